The molecule has 1 unspecified atom stereocenters. The molecule has 98 valence electrons. The number of hydrogen-bond donors (Lipinski definition) is 1. The number of rotatable bonds is 8. The minimum absolute atomic E-state index is 0.623. The van der Waals surface area contributed by atoms with Crippen molar-refractivity contribution >= 4 is 11.8 Å². The summed E-state index contributed by atoms with van der Waals surface area (Å²) in [7, 11) is 0. The van der Waals surface area contributed by atoms with Crippen molar-refractivity contribution < 1.29 is 0 Å². The number of terminal acetylenes is 1. The summed E-state index contributed by atoms with van der Waals surface area (Å²) in [4.78, 5) is 0. The Morgan fingerprint density at radius 2 is 2.12 bits per heavy atom. The van der Waals surface area contributed by atoms with E-state index in [1.807, 2.05) is 0 Å². The first-order valence-electron chi connectivity index (χ1n) is 7.15. The van der Waals surface area contributed by atoms with Crippen molar-refractivity contribution in [3.63, 3.8) is 0 Å². The lowest BCUT2D eigenvalue weighted by Crippen LogP contribution is -2.32. The third-order valence-corrected chi connectivity index (χ3v) is 4.94. The average Bonchev–Trinajstić information content (AvgIpc) is 2.39. The van der Waals surface area contributed by atoms with Gasteiger partial charge in [0.05, 0.1) is 0 Å². The van der Waals surface area contributed by atoms with E-state index >= 15 is 0 Å². The lowest BCUT2D eigenvalue weighted by atomic mass is 10.0. The van der Waals surface area contributed by atoms with Gasteiger partial charge < -0.3 is 5.32 Å². The molecule has 0 aromatic carbocycles. The topological polar surface area (TPSA) is 12.0 Å². The van der Waals surface area contributed by atoms with Gasteiger partial charge in [-0.15, -0.1) is 12.3 Å². The molecule has 0 bridgehead atoms. The lowest BCUT2D eigenvalue weighted by molar-refractivity contribution is 0.507. The molecule has 0 heterocycles. The van der Waals surface area contributed by atoms with Gasteiger partial charge >= 0.3 is 0 Å². The first kappa shape index (κ1) is 14.9. The van der Waals surface area contributed by atoms with Crippen LogP contribution in [0.1, 0.15) is 58.3 Å². The molecule has 1 N–H and O–H groups in total. The van der Waals surface area contributed by atoms with E-state index in [9.17, 15) is 0 Å². The molecular weight excluding hydrogens is 226 g/mol. The van der Waals surface area contributed by atoms with Gasteiger partial charge in [-0.25, -0.2) is 0 Å². The Morgan fingerprint density at radius 1 is 1.35 bits per heavy atom. The molecule has 1 aliphatic rings. The molecule has 0 radical (unpaired) electrons. The van der Waals surface area contributed by atoms with Crippen LogP contribution >= 0.6 is 11.8 Å². The molecule has 0 spiro atoms. The molecule has 0 aliphatic heterocycles. The van der Waals surface area contributed by atoms with E-state index in [4.69, 9.17) is 6.42 Å². The minimum atomic E-state index is 0.623. The second-order valence-corrected chi connectivity index (χ2v) is 6.32. The quantitative estimate of drug-likeness (QED) is 0.660. The molecule has 2 heteroatoms. The summed E-state index contributed by atoms with van der Waals surface area (Å²) >= 11 is 2.18. The van der Waals surface area contributed by atoms with Crippen LogP contribution in [0, 0.1) is 12.3 Å². The van der Waals surface area contributed by atoms with Crippen molar-refractivity contribution in [3.05, 3.63) is 0 Å². The van der Waals surface area contributed by atoms with E-state index in [0.717, 1.165) is 24.6 Å². The minimum Gasteiger partial charge on any atom is -0.313 e. The first-order valence-corrected chi connectivity index (χ1v) is 8.20. The van der Waals surface area contributed by atoms with Crippen molar-refractivity contribution in [3.8, 4) is 12.3 Å². The Morgan fingerprint density at radius 3 is 2.76 bits per heavy atom. The van der Waals surface area contributed by atoms with Crippen LogP contribution in [0.25, 0.3) is 0 Å². The summed E-state index contributed by atoms with van der Waals surface area (Å²) in [5, 5.41) is 4.54. The van der Waals surface area contributed by atoms with Crippen molar-refractivity contribution in [2.45, 2.75) is 69.6 Å². The molecule has 17 heavy (non-hydrogen) atoms. The van der Waals surface area contributed by atoms with Crippen LogP contribution < -0.4 is 5.32 Å². The van der Waals surface area contributed by atoms with Crippen molar-refractivity contribution in [2.24, 2.45) is 0 Å². The van der Waals surface area contributed by atoms with Crippen molar-refractivity contribution in [1.82, 2.24) is 5.32 Å². The van der Waals surface area contributed by atoms with Gasteiger partial charge in [-0.1, -0.05) is 26.2 Å². The molecule has 1 atom stereocenters. The highest BCUT2D eigenvalue weighted by Crippen LogP contribution is 2.28. The maximum absolute atomic E-state index is 5.36. The third-order valence-electron chi connectivity index (χ3n) is 3.41. The predicted octanol–water partition coefficient (Wildman–Crippen LogP) is 3.83. The predicted molar refractivity (Wildman–Crippen MR) is 79.5 cm³/mol. The molecule has 1 nitrogen and oxygen atoms in total. The highest BCUT2D eigenvalue weighted by Gasteiger charge is 2.16. The monoisotopic (exact) mass is 253 g/mol. The fourth-order valence-corrected chi connectivity index (χ4v) is 3.79. The van der Waals surface area contributed by atoms with Gasteiger partial charge in [-0.2, -0.15) is 11.8 Å². The second-order valence-electron chi connectivity index (χ2n) is 4.99. The van der Waals surface area contributed by atoms with E-state index in [2.05, 4.69) is 29.9 Å². The molecular formula is C15H27NS. The van der Waals surface area contributed by atoms with Crippen molar-refractivity contribution in [1.29, 1.82) is 0 Å². The Bertz CT molecular complexity index is 215. The van der Waals surface area contributed by atoms with Gasteiger partial charge in [-0.05, 0) is 32.2 Å². The summed E-state index contributed by atoms with van der Waals surface area (Å²) < 4.78 is 0. The Kier molecular flexibility index (Phi) is 8.65. The van der Waals surface area contributed by atoms with Gasteiger partial charge in [0, 0.05) is 23.5 Å². The van der Waals surface area contributed by atoms with Crippen LogP contribution in [0.2, 0.25) is 0 Å². The van der Waals surface area contributed by atoms with Crippen LogP contribution in [-0.2, 0) is 0 Å². The Hall–Kier alpha value is -0.130. The van der Waals surface area contributed by atoms with Crippen LogP contribution in [0.15, 0.2) is 0 Å². The molecule has 0 aromatic heterocycles. The number of nitrogens with one attached hydrogen (secondary N) is 1. The van der Waals surface area contributed by atoms with Gasteiger partial charge in [0.1, 0.15) is 0 Å². The summed E-state index contributed by atoms with van der Waals surface area (Å²) in [6.45, 7) is 3.35. The van der Waals surface area contributed by atoms with E-state index in [1.165, 1.54) is 44.3 Å². The lowest BCUT2D eigenvalue weighted by Gasteiger charge is -2.24. The maximum Gasteiger partial charge on any atom is 0.0167 e. The fourth-order valence-electron chi connectivity index (χ4n) is 2.33. The normalized spacial score (nSPS) is 18.8. The van der Waals surface area contributed by atoms with Crippen LogP contribution in [0.5, 0.6) is 0 Å². The number of hydrogen-bond acceptors (Lipinski definition) is 2. The average molecular weight is 253 g/mol. The van der Waals surface area contributed by atoms with E-state index in [-0.39, 0.29) is 0 Å². The molecule has 0 saturated heterocycles. The van der Waals surface area contributed by atoms with Gasteiger partial charge in [0.25, 0.3) is 0 Å². The van der Waals surface area contributed by atoms with E-state index < -0.39 is 0 Å². The summed E-state index contributed by atoms with van der Waals surface area (Å²) in [6.07, 6.45) is 15.8. The third kappa shape index (κ3) is 7.01. The summed E-state index contributed by atoms with van der Waals surface area (Å²) in [5.41, 5.74) is 0. The van der Waals surface area contributed by atoms with Gasteiger partial charge in [0.15, 0.2) is 0 Å². The van der Waals surface area contributed by atoms with Crippen molar-refractivity contribution in [2.75, 3.05) is 12.3 Å². The molecule has 1 aliphatic carbocycles. The molecule has 0 aromatic rings. The molecule has 0 amide bonds. The molecule has 1 fully saturated rings. The molecule has 1 saturated carbocycles. The zero-order chi connectivity index (χ0) is 12.3. The standard InChI is InChI=1S/C15H27NS/c1-3-5-9-14(16-12-4-2)13-17-15-10-7-6-8-11-15/h1,14-16H,4-13H2,2H3. The fraction of sp³-hybridized carbons (Fsp3) is 0.867. The van der Waals surface area contributed by atoms with Crippen LogP contribution in [0.3, 0.4) is 0 Å². The van der Waals surface area contributed by atoms with Gasteiger partial charge in [-0.3, -0.25) is 0 Å². The number of thioether (sulfide) groups is 1. The van der Waals surface area contributed by atoms with Gasteiger partial charge in [0.2, 0.25) is 0 Å². The summed E-state index contributed by atoms with van der Waals surface area (Å²) in [5.74, 6) is 4.01. The first-order chi connectivity index (χ1) is 8.36. The SMILES string of the molecule is C#CCCC(CSC1CCCCC1)NCCC. The van der Waals surface area contributed by atoms with Crippen LogP contribution in [-0.4, -0.2) is 23.6 Å². The maximum atomic E-state index is 5.36. The zero-order valence-electron chi connectivity index (χ0n) is 11.2. The summed E-state index contributed by atoms with van der Waals surface area (Å²) in [6, 6.07) is 0.623. The largest absolute Gasteiger partial charge is 0.313 e. The Balaban J connectivity index is 2.18. The van der Waals surface area contributed by atoms with E-state index in [0.29, 0.717) is 6.04 Å². The smallest absolute Gasteiger partial charge is 0.0167 e. The Labute approximate surface area is 112 Å². The highest BCUT2D eigenvalue weighted by molar-refractivity contribution is 7.99. The highest BCUT2D eigenvalue weighted by atomic mass is 32.2. The molecule has 1 rings (SSSR count). The van der Waals surface area contributed by atoms with Crippen LogP contribution in [0.4, 0.5) is 0 Å². The second kappa shape index (κ2) is 9.85. The zero-order valence-corrected chi connectivity index (χ0v) is 12.0. The van der Waals surface area contributed by atoms with E-state index in [1.54, 1.807) is 0 Å².